The number of Topliss-reactive ketones (excluding diaryl/α,β-unsaturated/α-hetero) is 1. The number of hydrogen-bond donors (Lipinski definition) is 3. The first-order valence-electron chi connectivity index (χ1n) is 8.99. The molecule has 11 heteroatoms. The van der Waals surface area contributed by atoms with Crippen molar-refractivity contribution in [3.8, 4) is 0 Å². The Labute approximate surface area is 171 Å². The van der Waals surface area contributed by atoms with E-state index in [9.17, 15) is 9.59 Å². The van der Waals surface area contributed by atoms with Crippen molar-refractivity contribution in [1.82, 2.24) is 5.16 Å². The monoisotopic (exact) mass is 419 g/mol. The molecule has 0 unspecified atom stereocenters. The van der Waals surface area contributed by atoms with Crippen molar-refractivity contribution in [2.75, 3.05) is 24.5 Å². The highest BCUT2D eigenvalue weighted by atomic mass is 35.5. The number of benzene rings is 1. The van der Waals surface area contributed by atoms with Crippen LogP contribution < -0.4 is 10.3 Å². The smallest absolute Gasteiger partial charge is 0.361 e. The quantitative estimate of drug-likeness (QED) is 0.155. The summed E-state index contributed by atoms with van der Waals surface area (Å²) in [5.41, 5.74) is 8.88. The third kappa shape index (κ3) is 5.04. The summed E-state index contributed by atoms with van der Waals surface area (Å²) in [5.74, 6) is -0.431. The first kappa shape index (κ1) is 20.6. The lowest BCUT2D eigenvalue weighted by Gasteiger charge is -2.31. The topological polar surface area (TPSA) is 149 Å². The fourth-order valence-corrected chi connectivity index (χ4v) is 3.36. The lowest BCUT2D eigenvalue weighted by atomic mass is 9.89. The van der Waals surface area contributed by atoms with Crippen LogP contribution in [0.4, 0.5) is 5.82 Å². The van der Waals surface area contributed by atoms with Crippen LogP contribution in [-0.2, 0) is 4.79 Å². The Morgan fingerprint density at radius 2 is 2.07 bits per heavy atom. The van der Waals surface area contributed by atoms with E-state index in [0.29, 0.717) is 42.3 Å². The molecule has 2 aromatic rings. The van der Waals surface area contributed by atoms with Gasteiger partial charge in [-0.2, -0.15) is 0 Å². The summed E-state index contributed by atoms with van der Waals surface area (Å²) >= 11 is 6.14. The van der Waals surface area contributed by atoms with Crippen LogP contribution in [0.15, 0.2) is 45.1 Å². The van der Waals surface area contributed by atoms with Crippen LogP contribution in [-0.4, -0.2) is 47.5 Å². The number of carboxylic acid groups (broad SMARTS) is 1. The Balaban J connectivity index is 1.61. The summed E-state index contributed by atoms with van der Waals surface area (Å²) in [6.07, 6.45) is 1.31. The molecule has 10 nitrogen and oxygen atoms in total. The molecule has 152 valence electrons. The summed E-state index contributed by atoms with van der Waals surface area (Å²) < 4.78 is 5.20. The number of carboxylic acids is 1. The van der Waals surface area contributed by atoms with E-state index in [-0.39, 0.29) is 29.8 Å². The third-order valence-electron chi connectivity index (χ3n) is 4.63. The molecule has 1 aromatic heterocycles. The number of rotatable bonds is 7. The lowest BCUT2D eigenvalue weighted by molar-refractivity contribution is -0.651. The Morgan fingerprint density at radius 3 is 2.72 bits per heavy atom. The molecule has 4 N–H and O–H groups in total. The summed E-state index contributed by atoms with van der Waals surface area (Å²) in [7, 11) is 0. The molecule has 1 aliphatic heterocycles. The Kier molecular flexibility index (Phi) is 6.68. The molecule has 1 aliphatic rings. The molecule has 0 atom stereocenters. The van der Waals surface area contributed by atoms with Gasteiger partial charge in [0.25, 0.3) is 5.84 Å². The number of halogens is 1. The highest BCUT2D eigenvalue weighted by molar-refractivity contribution is 6.34. The van der Waals surface area contributed by atoms with Crippen molar-refractivity contribution in [3.05, 3.63) is 46.7 Å². The van der Waals surface area contributed by atoms with E-state index in [4.69, 9.17) is 26.8 Å². The van der Waals surface area contributed by atoms with Gasteiger partial charge in [0, 0.05) is 30.6 Å². The van der Waals surface area contributed by atoms with Crippen LogP contribution >= 0.6 is 11.6 Å². The number of hydrogen-bond acceptors (Lipinski definition) is 7. The molecule has 0 aliphatic carbocycles. The average molecular weight is 420 g/mol. The first-order chi connectivity index (χ1) is 14.0. The first-order valence-corrected chi connectivity index (χ1v) is 9.37. The predicted molar refractivity (Wildman–Crippen MR) is 103 cm³/mol. The zero-order valence-electron chi connectivity index (χ0n) is 15.4. The number of aromatic nitrogens is 1. The van der Waals surface area contributed by atoms with E-state index >= 15 is 0 Å². The minimum Gasteiger partial charge on any atom is -0.477 e. The second kappa shape index (κ2) is 9.39. The number of quaternary nitrogens is 1. The van der Waals surface area contributed by atoms with E-state index in [1.807, 2.05) is 4.90 Å². The molecule has 1 saturated heterocycles. The van der Waals surface area contributed by atoms with Gasteiger partial charge in [-0.25, -0.2) is 15.8 Å². The largest absolute Gasteiger partial charge is 0.477 e. The highest BCUT2D eigenvalue weighted by Gasteiger charge is 2.28. The standard InChI is InChI=1S/C18H19ClN6O4/c19-13-4-2-1-3-12(13)17(28)11-5-7-25(8-6-11)15-9-14(29-24-15)18(22-20)23-21-10-16(26)27/h1-4,9,11,20-21H,5-8,10H2,(H,26,27)/p+1. The van der Waals surface area contributed by atoms with Crippen molar-refractivity contribution in [3.63, 3.8) is 0 Å². The van der Waals surface area contributed by atoms with Crippen LogP contribution in [0.2, 0.25) is 5.02 Å². The van der Waals surface area contributed by atoms with Crippen LogP contribution in [0.3, 0.4) is 0 Å². The molecule has 0 spiro atoms. The minimum atomic E-state index is -1.04. The number of ketones is 1. The molecule has 1 fully saturated rings. The molecule has 2 heterocycles. The number of carbonyl (C=O) groups is 2. The van der Waals surface area contributed by atoms with Gasteiger partial charge >= 0.3 is 5.97 Å². The molecule has 0 saturated carbocycles. The van der Waals surface area contributed by atoms with Gasteiger partial charge < -0.3 is 14.5 Å². The Bertz CT molecular complexity index is 936. The van der Waals surface area contributed by atoms with Gasteiger partial charge in [0.2, 0.25) is 5.76 Å². The van der Waals surface area contributed by atoms with Gasteiger partial charge in [-0.3, -0.25) is 4.79 Å². The van der Waals surface area contributed by atoms with E-state index in [1.54, 1.807) is 30.3 Å². The second-order valence-corrected chi connectivity index (χ2v) is 6.91. The molecule has 3 rings (SSSR count). The minimum absolute atomic E-state index is 0.0486. The van der Waals surface area contributed by atoms with Gasteiger partial charge in [0.05, 0.1) is 5.02 Å². The summed E-state index contributed by atoms with van der Waals surface area (Å²) in [6, 6.07) is 8.65. The number of piperidine rings is 1. The molecular formula is C18H20ClN6O4+. The number of carbonyl (C=O) groups excluding carboxylic acids is 1. The normalized spacial score (nSPS) is 15.3. The molecule has 0 radical (unpaired) electrons. The maximum Gasteiger partial charge on any atom is 0.361 e. The fraction of sp³-hybridized carbons (Fsp3) is 0.333. The molecule has 0 bridgehead atoms. The lowest BCUT2D eigenvalue weighted by Crippen LogP contribution is -2.80. The van der Waals surface area contributed by atoms with Crippen molar-refractivity contribution >= 4 is 35.0 Å². The second-order valence-electron chi connectivity index (χ2n) is 6.50. The summed E-state index contributed by atoms with van der Waals surface area (Å²) in [6.45, 7) is 0.942. The average Bonchev–Trinajstić information content (AvgIpc) is 3.21. The number of nitrogens with one attached hydrogen (secondary N) is 1. The van der Waals surface area contributed by atoms with Crippen molar-refractivity contribution < 1.29 is 24.6 Å². The number of aliphatic carboxylic acids is 1. The van der Waals surface area contributed by atoms with Crippen molar-refractivity contribution in [1.29, 1.82) is 5.53 Å². The van der Waals surface area contributed by atoms with Crippen LogP contribution in [0, 0.1) is 11.4 Å². The van der Waals surface area contributed by atoms with Crippen molar-refractivity contribution in [2.45, 2.75) is 12.8 Å². The maximum atomic E-state index is 12.7. The van der Waals surface area contributed by atoms with E-state index in [1.165, 1.54) is 0 Å². The van der Waals surface area contributed by atoms with E-state index < -0.39 is 5.97 Å². The van der Waals surface area contributed by atoms with Crippen LogP contribution in [0.1, 0.15) is 29.0 Å². The van der Waals surface area contributed by atoms with Gasteiger partial charge in [0.1, 0.15) is 0 Å². The predicted octanol–water partition coefficient (Wildman–Crippen LogP) is 1.77. The zero-order valence-corrected chi connectivity index (χ0v) is 16.2. The SMILES string of the molecule is N=NC(=N[NH2+]CC(=O)O)c1cc(N2CCC(C(=O)c3ccccc3Cl)CC2)no1. The third-order valence-corrected chi connectivity index (χ3v) is 4.96. The van der Waals surface area contributed by atoms with Crippen molar-refractivity contribution in [2.24, 2.45) is 16.1 Å². The number of nitrogens with zero attached hydrogens (tertiary/aromatic N) is 4. The number of nitrogens with two attached hydrogens (primary N) is 1. The van der Waals surface area contributed by atoms with Gasteiger partial charge in [-0.15, -0.1) is 5.11 Å². The fourth-order valence-electron chi connectivity index (χ4n) is 3.13. The molecular weight excluding hydrogens is 400 g/mol. The number of amidine groups is 1. The van der Waals surface area contributed by atoms with E-state index in [2.05, 4.69) is 15.4 Å². The molecule has 0 amide bonds. The summed E-state index contributed by atoms with van der Waals surface area (Å²) in [5, 5.41) is 20.2. The van der Waals surface area contributed by atoms with E-state index in [0.717, 1.165) is 5.43 Å². The van der Waals surface area contributed by atoms with Crippen LogP contribution in [0.25, 0.3) is 0 Å². The van der Waals surface area contributed by atoms with Gasteiger partial charge in [-0.05, 0) is 25.0 Å². The number of anilines is 1. The molecule has 29 heavy (non-hydrogen) atoms. The highest BCUT2D eigenvalue weighted by Crippen LogP contribution is 2.28. The summed E-state index contributed by atoms with van der Waals surface area (Å²) in [4.78, 5) is 25.2. The Hall–Kier alpha value is -3.11. The van der Waals surface area contributed by atoms with Gasteiger partial charge in [0.15, 0.2) is 18.1 Å². The molecule has 1 aromatic carbocycles. The Morgan fingerprint density at radius 1 is 1.34 bits per heavy atom. The van der Waals surface area contributed by atoms with Crippen LogP contribution in [0.5, 0.6) is 0 Å². The van der Waals surface area contributed by atoms with Gasteiger partial charge in [-0.1, -0.05) is 34.0 Å². The maximum absolute atomic E-state index is 12.7. The zero-order chi connectivity index (χ0) is 20.8.